The van der Waals surface area contributed by atoms with Crippen LogP contribution in [0.25, 0.3) is 5.65 Å². The zero-order valence-corrected chi connectivity index (χ0v) is 15.4. The summed E-state index contributed by atoms with van der Waals surface area (Å²) in [6.45, 7) is 1.63. The van der Waals surface area contributed by atoms with Gasteiger partial charge in [-0.3, -0.25) is 4.79 Å². The van der Waals surface area contributed by atoms with Crippen LogP contribution in [-0.2, 0) is 0 Å². The van der Waals surface area contributed by atoms with Crippen LogP contribution in [0.2, 0.25) is 0 Å². The van der Waals surface area contributed by atoms with Crippen molar-refractivity contribution in [2.45, 2.75) is 37.6 Å². The van der Waals surface area contributed by atoms with Gasteiger partial charge in [0.15, 0.2) is 11.5 Å². The van der Waals surface area contributed by atoms with Crippen molar-refractivity contribution in [3.63, 3.8) is 0 Å². The highest BCUT2D eigenvalue weighted by Crippen LogP contribution is 2.38. The Labute approximate surface area is 161 Å². The van der Waals surface area contributed by atoms with Gasteiger partial charge in [-0.1, -0.05) is 0 Å². The molecule has 3 heterocycles. The maximum absolute atomic E-state index is 13.0. The molecule has 8 heteroatoms. The molecule has 1 saturated heterocycles. The van der Waals surface area contributed by atoms with E-state index in [2.05, 4.69) is 20.4 Å². The molecule has 5 rings (SSSR count). The molecule has 1 aliphatic carbocycles. The van der Waals surface area contributed by atoms with Crippen LogP contribution >= 0.6 is 0 Å². The van der Waals surface area contributed by atoms with Crippen molar-refractivity contribution in [2.24, 2.45) is 0 Å². The first-order chi connectivity index (χ1) is 13.7. The standard InChI is InChI=1S/C20H21FN6O/c21-15-5-3-14(4-6-15)20(28)22-16-9-11-26(12-10-16)18-8-7-17-23-24-19(13-1-2-13)27(17)25-18/h3-8,13,16H,1-2,9-12H2,(H,22,28). The van der Waals surface area contributed by atoms with Crippen molar-refractivity contribution in [3.8, 4) is 0 Å². The highest BCUT2D eigenvalue weighted by atomic mass is 19.1. The summed E-state index contributed by atoms with van der Waals surface area (Å²) in [6, 6.07) is 9.68. The summed E-state index contributed by atoms with van der Waals surface area (Å²) in [4.78, 5) is 14.6. The van der Waals surface area contributed by atoms with Crippen molar-refractivity contribution in [1.82, 2.24) is 25.1 Å². The Hall–Kier alpha value is -3.03. The lowest BCUT2D eigenvalue weighted by molar-refractivity contribution is 0.0931. The Morgan fingerprint density at radius 2 is 1.75 bits per heavy atom. The van der Waals surface area contributed by atoms with Gasteiger partial charge < -0.3 is 10.2 Å². The second kappa shape index (κ2) is 6.85. The van der Waals surface area contributed by atoms with Crippen LogP contribution in [0.4, 0.5) is 10.2 Å². The first kappa shape index (κ1) is 17.1. The second-order valence-corrected chi connectivity index (χ2v) is 7.54. The summed E-state index contributed by atoms with van der Waals surface area (Å²) in [5.41, 5.74) is 1.27. The van der Waals surface area contributed by atoms with E-state index in [-0.39, 0.29) is 17.8 Å². The number of rotatable bonds is 4. The van der Waals surface area contributed by atoms with Crippen LogP contribution in [0.5, 0.6) is 0 Å². The molecule has 0 atom stereocenters. The smallest absolute Gasteiger partial charge is 0.251 e. The summed E-state index contributed by atoms with van der Waals surface area (Å²) < 4.78 is 14.9. The van der Waals surface area contributed by atoms with E-state index < -0.39 is 0 Å². The molecule has 2 fully saturated rings. The van der Waals surface area contributed by atoms with Gasteiger partial charge in [0, 0.05) is 30.6 Å². The summed E-state index contributed by atoms with van der Waals surface area (Å²) in [5.74, 6) is 1.87. The maximum Gasteiger partial charge on any atom is 0.251 e. The first-order valence-electron chi connectivity index (χ1n) is 9.71. The third-order valence-corrected chi connectivity index (χ3v) is 5.48. The molecule has 7 nitrogen and oxygen atoms in total. The Morgan fingerprint density at radius 3 is 2.46 bits per heavy atom. The average Bonchev–Trinajstić information content (AvgIpc) is 3.48. The van der Waals surface area contributed by atoms with Crippen LogP contribution in [-0.4, -0.2) is 44.8 Å². The third kappa shape index (κ3) is 3.30. The number of piperidine rings is 1. The normalized spacial score (nSPS) is 17.8. The predicted molar refractivity (Wildman–Crippen MR) is 102 cm³/mol. The number of amides is 1. The topological polar surface area (TPSA) is 75.4 Å². The minimum atomic E-state index is -0.340. The highest BCUT2D eigenvalue weighted by molar-refractivity contribution is 5.94. The zero-order valence-electron chi connectivity index (χ0n) is 15.4. The summed E-state index contributed by atoms with van der Waals surface area (Å²) in [6.07, 6.45) is 3.99. The number of halogens is 1. The van der Waals surface area contributed by atoms with Gasteiger partial charge in [-0.2, -0.15) is 4.52 Å². The van der Waals surface area contributed by atoms with E-state index in [1.807, 2.05) is 16.6 Å². The van der Waals surface area contributed by atoms with E-state index in [1.165, 1.54) is 24.3 Å². The lowest BCUT2D eigenvalue weighted by atomic mass is 10.0. The van der Waals surface area contributed by atoms with Crippen molar-refractivity contribution in [1.29, 1.82) is 0 Å². The fraction of sp³-hybridized carbons (Fsp3) is 0.400. The number of nitrogens with zero attached hydrogens (tertiary/aromatic N) is 5. The number of anilines is 1. The van der Waals surface area contributed by atoms with Gasteiger partial charge in [-0.05, 0) is 62.1 Å². The minimum Gasteiger partial charge on any atom is -0.355 e. The average molecular weight is 380 g/mol. The van der Waals surface area contributed by atoms with Crippen molar-refractivity contribution in [2.75, 3.05) is 18.0 Å². The van der Waals surface area contributed by atoms with Gasteiger partial charge in [0.25, 0.3) is 5.91 Å². The van der Waals surface area contributed by atoms with Gasteiger partial charge >= 0.3 is 0 Å². The lowest BCUT2D eigenvalue weighted by Gasteiger charge is -2.33. The molecule has 3 aromatic rings. The predicted octanol–water partition coefficient (Wildman–Crippen LogP) is 2.54. The maximum atomic E-state index is 13.0. The molecule has 1 N–H and O–H groups in total. The molecule has 1 saturated carbocycles. The van der Waals surface area contributed by atoms with Crippen LogP contribution < -0.4 is 10.2 Å². The monoisotopic (exact) mass is 380 g/mol. The van der Waals surface area contributed by atoms with E-state index in [0.29, 0.717) is 11.5 Å². The zero-order chi connectivity index (χ0) is 19.1. The fourth-order valence-electron chi connectivity index (χ4n) is 3.68. The molecule has 0 unspecified atom stereocenters. The number of aromatic nitrogens is 4. The Balaban J connectivity index is 1.23. The number of hydrogen-bond acceptors (Lipinski definition) is 5. The largest absolute Gasteiger partial charge is 0.355 e. The van der Waals surface area contributed by atoms with Gasteiger partial charge in [-0.15, -0.1) is 15.3 Å². The Bertz CT molecular complexity index is 1010. The molecule has 28 heavy (non-hydrogen) atoms. The molecule has 0 bridgehead atoms. The van der Waals surface area contributed by atoms with Crippen LogP contribution in [0.1, 0.15) is 47.8 Å². The molecule has 0 radical (unpaired) electrons. The van der Waals surface area contributed by atoms with Gasteiger partial charge in [-0.25, -0.2) is 4.39 Å². The first-order valence-corrected chi connectivity index (χ1v) is 9.71. The van der Waals surface area contributed by atoms with Gasteiger partial charge in [0.2, 0.25) is 0 Å². The molecule has 2 aliphatic rings. The molecule has 2 aromatic heterocycles. The highest BCUT2D eigenvalue weighted by Gasteiger charge is 2.30. The molecular formula is C20H21FN6O. The fourth-order valence-corrected chi connectivity index (χ4v) is 3.68. The van der Waals surface area contributed by atoms with Crippen molar-refractivity contribution >= 4 is 17.4 Å². The number of benzene rings is 1. The quantitative estimate of drug-likeness (QED) is 0.753. The Kier molecular flexibility index (Phi) is 4.18. The van der Waals surface area contributed by atoms with Crippen LogP contribution in [0.15, 0.2) is 36.4 Å². The summed E-state index contributed by atoms with van der Waals surface area (Å²) in [5, 5.41) is 16.3. The Morgan fingerprint density at radius 1 is 1.00 bits per heavy atom. The molecular weight excluding hydrogens is 359 g/mol. The van der Waals surface area contributed by atoms with E-state index in [4.69, 9.17) is 5.10 Å². The van der Waals surface area contributed by atoms with Crippen LogP contribution in [0.3, 0.4) is 0 Å². The van der Waals surface area contributed by atoms with E-state index >= 15 is 0 Å². The van der Waals surface area contributed by atoms with Crippen molar-refractivity contribution in [3.05, 3.63) is 53.6 Å². The third-order valence-electron chi connectivity index (χ3n) is 5.48. The molecule has 0 spiro atoms. The molecule has 144 valence electrons. The molecule has 1 aromatic carbocycles. The van der Waals surface area contributed by atoms with Crippen LogP contribution in [0, 0.1) is 5.82 Å². The number of fused-ring (bicyclic) bond motifs is 1. The van der Waals surface area contributed by atoms with Gasteiger partial charge in [0.05, 0.1) is 0 Å². The minimum absolute atomic E-state index is 0.106. The lowest BCUT2D eigenvalue weighted by Crippen LogP contribution is -2.45. The SMILES string of the molecule is O=C(NC1CCN(c2ccc3nnc(C4CC4)n3n2)CC1)c1ccc(F)cc1. The van der Waals surface area contributed by atoms with E-state index in [1.54, 1.807) is 0 Å². The summed E-state index contributed by atoms with van der Waals surface area (Å²) >= 11 is 0. The van der Waals surface area contributed by atoms with E-state index in [0.717, 1.165) is 56.1 Å². The van der Waals surface area contributed by atoms with Crippen molar-refractivity contribution < 1.29 is 9.18 Å². The summed E-state index contributed by atoms with van der Waals surface area (Å²) in [7, 11) is 0. The number of nitrogens with one attached hydrogen (secondary N) is 1. The van der Waals surface area contributed by atoms with Gasteiger partial charge in [0.1, 0.15) is 11.6 Å². The van der Waals surface area contributed by atoms with E-state index in [9.17, 15) is 9.18 Å². The number of carbonyl (C=O) groups is 1. The molecule has 1 aliphatic heterocycles. The second-order valence-electron chi connectivity index (χ2n) is 7.54. The number of carbonyl (C=O) groups excluding carboxylic acids is 1. The number of hydrogen-bond donors (Lipinski definition) is 1. The molecule has 1 amide bonds.